The number of benzene rings is 1. The van der Waals surface area contributed by atoms with E-state index in [4.69, 9.17) is 4.84 Å². The Kier molecular flexibility index (Phi) is 6.84. The van der Waals surface area contributed by atoms with E-state index in [0.717, 1.165) is 10.6 Å². The third kappa shape index (κ3) is 5.40. The van der Waals surface area contributed by atoms with Crippen LogP contribution in [0.4, 0.5) is 0 Å². The van der Waals surface area contributed by atoms with Crippen LogP contribution in [0.15, 0.2) is 29.2 Å². The SMILES string of the molecule is CON(C)C(=O)CC[C@@H](O)C[S@@](=O)c1ccc(C)cc1. The van der Waals surface area contributed by atoms with Gasteiger partial charge in [0.15, 0.2) is 0 Å². The van der Waals surface area contributed by atoms with Gasteiger partial charge in [0.05, 0.1) is 29.8 Å². The number of carbonyl (C=O) groups excluding carboxylic acids is 1. The Hall–Kier alpha value is -1.24. The summed E-state index contributed by atoms with van der Waals surface area (Å²) in [4.78, 5) is 16.9. The number of aliphatic hydroxyl groups is 1. The summed E-state index contributed by atoms with van der Waals surface area (Å²) in [5.74, 6) is -0.0831. The van der Waals surface area contributed by atoms with E-state index in [-0.39, 0.29) is 24.5 Å². The van der Waals surface area contributed by atoms with Crippen molar-refractivity contribution < 1.29 is 18.9 Å². The van der Waals surface area contributed by atoms with Gasteiger partial charge in [-0.3, -0.25) is 13.8 Å². The number of hydrogen-bond donors (Lipinski definition) is 1. The number of carbonyl (C=O) groups is 1. The van der Waals surface area contributed by atoms with Crippen molar-refractivity contribution in [3.8, 4) is 0 Å². The Morgan fingerprint density at radius 2 is 2.00 bits per heavy atom. The highest BCUT2D eigenvalue weighted by atomic mass is 32.2. The molecule has 1 amide bonds. The molecule has 2 atom stereocenters. The zero-order valence-electron chi connectivity index (χ0n) is 12.0. The molecule has 0 unspecified atom stereocenters. The Labute approximate surface area is 122 Å². The monoisotopic (exact) mass is 299 g/mol. The number of nitrogens with zero attached hydrogens (tertiary/aromatic N) is 1. The second-order valence-corrected chi connectivity index (χ2v) is 6.09. The van der Waals surface area contributed by atoms with Gasteiger partial charge in [-0.25, -0.2) is 5.06 Å². The third-order valence-electron chi connectivity index (χ3n) is 2.94. The van der Waals surface area contributed by atoms with E-state index in [0.29, 0.717) is 4.90 Å². The molecule has 1 aromatic rings. The van der Waals surface area contributed by atoms with Gasteiger partial charge in [0.1, 0.15) is 0 Å². The molecule has 0 spiro atoms. The molecule has 0 aliphatic rings. The van der Waals surface area contributed by atoms with Gasteiger partial charge in [0, 0.05) is 18.4 Å². The van der Waals surface area contributed by atoms with E-state index >= 15 is 0 Å². The summed E-state index contributed by atoms with van der Waals surface area (Å²) >= 11 is 0. The second-order valence-electron chi connectivity index (χ2n) is 4.59. The van der Waals surface area contributed by atoms with Crippen LogP contribution in [0.3, 0.4) is 0 Å². The van der Waals surface area contributed by atoms with Crippen LogP contribution in [0.2, 0.25) is 0 Å². The summed E-state index contributed by atoms with van der Waals surface area (Å²) in [5.41, 5.74) is 1.10. The molecule has 0 aromatic heterocycles. The van der Waals surface area contributed by atoms with Crippen molar-refractivity contribution in [3.05, 3.63) is 29.8 Å². The standard InChI is InChI=1S/C14H21NO4S/c1-11-4-7-13(8-5-11)20(18)10-12(16)6-9-14(17)15(2)19-3/h4-5,7-8,12,16H,6,9-10H2,1-3H3/t12-,20-/m1/s1. The van der Waals surface area contributed by atoms with Gasteiger partial charge in [-0.15, -0.1) is 0 Å². The van der Waals surface area contributed by atoms with Crippen molar-refractivity contribution in [2.45, 2.75) is 30.8 Å². The predicted octanol–water partition coefficient (Wildman–Crippen LogP) is 1.26. The second kappa shape index (κ2) is 8.14. The lowest BCUT2D eigenvalue weighted by molar-refractivity contribution is -0.169. The van der Waals surface area contributed by atoms with Crippen molar-refractivity contribution >= 4 is 16.7 Å². The summed E-state index contributed by atoms with van der Waals surface area (Å²) in [5, 5.41) is 10.9. The molecule has 0 aliphatic heterocycles. The van der Waals surface area contributed by atoms with Gasteiger partial charge in [-0.05, 0) is 25.5 Å². The van der Waals surface area contributed by atoms with Crippen LogP contribution < -0.4 is 0 Å². The van der Waals surface area contributed by atoms with E-state index in [2.05, 4.69) is 0 Å². The van der Waals surface area contributed by atoms with Crippen LogP contribution in [-0.2, 0) is 20.4 Å². The molecule has 1 N–H and O–H groups in total. The minimum atomic E-state index is -1.26. The molecule has 1 aromatic carbocycles. The van der Waals surface area contributed by atoms with Crippen LogP contribution >= 0.6 is 0 Å². The number of hydroxylamine groups is 2. The minimum Gasteiger partial charge on any atom is -0.392 e. The van der Waals surface area contributed by atoms with E-state index in [1.165, 1.54) is 14.2 Å². The molecule has 6 heteroatoms. The van der Waals surface area contributed by atoms with Crippen LogP contribution in [0.1, 0.15) is 18.4 Å². The molecule has 112 valence electrons. The number of amides is 1. The molecule has 20 heavy (non-hydrogen) atoms. The molecule has 0 radical (unpaired) electrons. The van der Waals surface area contributed by atoms with E-state index in [1.807, 2.05) is 19.1 Å². The predicted molar refractivity (Wildman–Crippen MR) is 77.5 cm³/mol. The number of aryl methyl sites for hydroxylation is 1. The van der Waals surface area contributed by atoms with Crippen LogP contribution in [0.25, 0.3) is 0 Å². The lowest BCUT2D eigenvalue weighted by Gasteiger charge is -2.15. The highest BCUT2D eigenvalue weighted by Crippen LogP contribution is 2.11. The lowest BCUT2D eigenvalue weighted by Crippen LogP contribution is -2.27. The Bertz CT molecular complexity index is 461. The fraction of sp³-hybridized carbons (Fsp3) is 0.500. The van der Waals surface area contributed by atoms with Crippen LogP contribution in [-0.4, -0.2) is 46.3 Å². The molecule has 5 nitrogen and oxygen atoms in total. The van der Waals surface area contributed by atoms with Crippen molar-refractivity contribution in [1.82, 2.24) is 5.06 Å². The van der Waals surface area contributed by atoms with Gasteiger partial charge < -0.3 is 5.11 Å². The average molecular weight is 299 g/mol. The Balaban J connectivity index is 2.42. The molecule has 1 rings (SSSR count). The van der Waals surface area contributed by atoms with Crippen molar-refractivity contribution in [3.63, 3.8) is 0 Å². The first-order valence-electron chi connectivity index (χ1n) is 6.37. The van der Waals surface area contributed by atoms with Gasteiger partial charge >= 0.3 is 0 Å². The zero-order chi connectivity index (χ0) is 15.1. The lowest BCUT2D eigenvalue weighted by atomic mass is 10.2. The van der Waals surface area contributed by atoms with Crippen LogP contribution in [0, 0.1) is 6.92 Å². The molecule has 0 saturated carbocycles. The first-order chi connectivity index (χ1) is 9.43. The van der Waals surface area contributed by atoms with Crippen LogP contribution in [0.5, 0.6) is 0 Å². The minimum absolute atomic E-state index is 0.132. The molecule has 0 aliphatic carbocycles. The number of aliphatic hydroxyl groups excluding tert-OH is 1. The maximum Gasteiger partial charge on any atom is 0.245 e. The van der Waals surface area contributed by atoms with Gasteiger partial charge in [-0.2, -0.15) is 0 Å². The summed E-state index contributed by atoms with van der Waals surface area (Å²) in [6.45, 7) is 1.96. The fourth-order valence-electron chi connectivity index (χ4n) is 1.59. The van der Waals surface area contributed by atoms with Crippen molar-refractivity contribution in [1.29, 1.82) is 0 Å². The molecule has 0 saturated heterocycles. The maximum atomic E-state index is 12.0. The first-order valence-corrected chi connectivity index (χ1v) is 7.69. The maximum absolute atomic E-state index is 12.0. The summed E-state index contributed by atoms with van der Waals surface area (Å²) in [6.07, 6.45) is -0.341. The highest BCUT2D eigenvalue weighted by Gasteiger charge is 2.15. The molecule has 0 fully saturated rings. The zero-order valence-corrected chi connectivity index (χ0v) is 12.9. The molecule has 0 heterocycles. The highest BCUT2D eigenvalue weighted by molar-refractivity contribution is 7.85. The largest absolute Gasteiger partial charge is 0.392 e. The van der Waals surface area contributed by atoms with Gasteiger partial charge in [0.25, 0.3) is 0 Å². The average Bonchev–Trinajstić information content (AvgIpc) is 2.44. The Morgan fingerprint density at radius 1 is 1.40 bits per heavy atom. The normalized spacial score (nSPS) is 13.8. The number of hydrogen-bond acceptors (Lipinski definition) is 4. The van der Waals surface area contributed by atoms with Crippen molar-refractivity contribution in [2.24, 2.45) is 0 Å². The molecule has 0 bridgehead atoms. The van der Waals surface area contributed by atoms with Gasteiger partial charge in [-0.1, -0.05) is 17.7 Å². The van der Waals surface area contributed by atoms with E-state index in [1.54, 1.807) is 12.1 Å². The third-order valence-corrected chi connectivity index (χ3v) is 4.43. The summed E-state index contributed by atoms with van der Waals surface area (Å²) < 4.78 is 12.0. The van der Waals surface area contributed by atoms with Crippen molar-refractivity contribution in [2.75, 3.05) is 19.9 Å². The Morgan fingerprint density at radius 3 is 2.55 bits per heavy atom. The summed E-state index contributed by atoms with van der Waals surface area (Å²) in [6, 6.07) is 7.36. The number of rotatable bonds is 7. The molecular formula is C14H21NO4S. The smallest absolute Gasteiger partial charge is 0.245 e. The van der Waals surface area contributed by atoms with E-state index < -0.39 is 16.9 Å². The fourth-order valence-corrected chi connectivity index (χ4v) is 2.74. The summed E-state index contributed by atoms with van der Waals surface area (Å²) in [7, 11) is 1.66. The topological polar surface area (TPSA) is 66.8 Å². The van der Waals surface area contributed by atoms with Gasteiger partial charge in [0.2, 0.25) is 5.91 Å². The first kappa shape index (κ1) is 16.8. The molecular weight excluding hydrogens is 278 g/mol. The quantitative estimate of drug-likeness (QED) is 0.770. The van der Waals surface area contributed by atoms with E-state index in [9.17, 15) is 14.1 Å².